The average molecular weight is 539 g/mol. The predicted octanol–water partition coefficient (Wildman–Crippen LogP) is 0.817. The second kappa shape index (κ2) is 11.7. The van der Waals surface area contributed by atoms with Gasteiger partial charge in [-0.1, -0.05) is 12.1 Å². The van der Waals surface area contributed by atoms with Crippen LogP contribution >= 0.6 is 0 Å². The van der Waals surface area contributed by atoms with Crippen LogP contribution in [0.5, 0.6) is 0 Å². The molecule has 0 spiro atoms. The summed E-state index contributed by atoms with van der Waals surface area (Å²) in [6.45, 7) is 5.12. The number of aromatic nitrogens is 2. The van der Waals surface area contributed by atoms with E-state index in [0.29, 0.717) is 11.1 Å². The molecule has 12 nitrogen and oxygen atoms in total. The van der Waals surface area contributed by atoms with Gasteiger partial charge in [-0.3, -0.25) is 9.48 Å². The molecule has 210 valence electrons. The molecule has 0 aliphatic carbocycles. The number of carboxylic acids is 2. The number of halogens is 1. The van der Waals surface area contributed by atoms with Crippen molar-refractivity contribution in [1.29, 1.82) is 0 Å². The van der Waals surface area contributed by atoms with Crippen molar-refractivity contribution in [2.45, 2.75) is 63.1 Å². The zero-order valence-electron chi connectivity index (χ0n) is 21.6. The van der Waals surface area contributed by atoms with Gasteiger partial charge < -0.3 is 35.4 Å². The number of fused-ring (bicyclic) bond motifs is 1. The quantitative estimate of drug-likeness (QED) is 0.260. The van der Waals surface area contributed by atoms with Crippen LogP contribution in [0.3, 0.4) is 0 Å². The molecular formula is C25H35FN4O8. The van der Waals surface area contributed by atoms with Crippen molar-refractivity contribution in [2.75, 3.05) is 32.8 Å². The van der Waals surface area contributed by atoms with Crippen LogP contribution in [0.15, 0.2) is 24.4 Å². The molecule has 1 amide bonds. The Morgan fingerprint density at radius 1 is 1.21 bits per heavy atom. The molecule has 1 saturated heterocycles. The minimum Gasteiger partial charge on any atom is -0.479 e. The van der Waals surface area contributed by atoms with Crippen molar-refractivity contribution in [1.82, 2.24) is 20.0 Å². The molecule has 3 unspecified atom stereocenters. The fourth-order valence-electron chi connectivity index (χ4n) is 4.36. The van der Waals surface area contributed by atoms with Crippen LogP contribution in [0.1, 0.15) is 50.0 Å². The first kappa shape index (κ1) is 29.4. The summed E-state index contributed by atoms with van der Waals surface area (Å²) in [5.41, 5.74) is -2.33. The molecule has 0 radical (unpaired) electrons. The van der Waals surface area contributed by atoms with Gasteiger partial charge in [-0.05, 0) is 39.7 Å². The largest absolute Gasteiger partial charge is 0.479 e. The Labute approximate surface area is 219 Å². The molecule has 0 saturated carbocycles. The number of rotatable bonds is 12. The number of carboxylic acid groups (broad SMARTS) is 2. The summed E-state index contributed by atoms with van der Waals surface area (Å²) < 4.78 is 22.2. The molecule has 1 aromatic heterocycles. The number of carbonyl (C=O) groups excluding carboxylic acids is 1. The third kappa shape index (κ3) is 7.25. The lowest BCUT2D eigenvalue weighted by Crippen LogP contribution is -2.53. The Morgan fingerprint density at radius 3 is 2.45 bits per heavy atom. The van der Waals surface area contributed by atoms with E-state index >= 15 is 4.39 Å². The summed E-state index contributed by atoms with van der Waals surface area (Å²) >= 11 is 0. The summed E-state index contributed by atoms with van der Waals surface area (Å²) in [7, 11) is 0. The third-order valence-electron chi connectivity index (χ3n) is 6.57. The fraction of sp³-hybridized carbons (Fsp3) is 0.600. The zero-order chi connectivity index (χ0) is 28.3. The van der Waals surface area contributed by atoms with Gasteiger partial charge in [0.05, 0.1) is 24.3 Å². The Bertz CT molecular complexity index is 1160. The minimum atomic E-state index is -2.29. The Kier molecular flexibility index (Phi) is 9.08. The van der Waals surface area contributed by atoms with Crippen molar-refractivity contribution in [3.05, 3.63) is 30.0 Å². The molecule has 3 rings (SSSR count). The van der Waals surface area contributed by atoms with Crippen molar-refractivity contribution in [3.63, 3.8) is 0 Å². The van der Waals surface area contributed by atoms with E-state index in [0.717, 1.165) is 5.39 Å². The topological polar surface area (TPSA) is 174 Å². The number of likely N-dealkylation sites (tertiary alicyclic amines) is 1. The van der Waals surface area contributed by atoms with Gasteiger partial charge in [-0.25, -0.2) is 14.0 Å². The molecule has 1 aromatic carbocycles. The van der Waals surface area contributed by atoms with Gasteiger partial charge in [0.1, 0.15) is 11.2 Å². The number of aliphatic hydroxyl groups is 2. The van der Waals surface area contributed by atoms with Gasteiger partial charge in [0, 0.05) is 37.3 Å². The first-order valence-electron chi connectivity index (χ1n) is 12.4. The molecule has 2 aromatic rings. The second-order valence-electron chi connectivity index (χ2n) is 10.4. The van der Waals surface area contributed by atoms with Crippen LogP contribution in [-0.4, -0.2) is 109 Å². The van der Waals surface area contributed by atoms with E-state index in [-0.39, 0.29) is 45.1 Å². The Balaban J connectivity index is 1.52. The predicted molar refractivity (Wildman–Crippen MR) is 134 cm³/mol. The van der Waals surface area contributed by atoms with Crippen LogP contribution in [0.2, 0.25) is 0 Å². The van der Waals surface area contributed by atoms with Crippen LogP contribution in [-0.2, 0) is 14.3 Å². The molecular weight excluding hydrogens is 503 g/mol. The van der Waals surface area contributed by atoms with Crippen LogP contribution < -0.4 is 5.32 Å². The maximum Gasteiger partial charge on any atom is 0.336 e. The molecule has 1 fully saturated rings. The molecule has 1 aliphatic rings. The molecule has 1 aliphatic heterocycles. The normalized spacial score (nSPS) is 19.1. The molecule has 0 bridgehead atoms. The van der Waals surface area contributed by atoms with Gasteiger partial charge in [0.15, 0.2) is 12.2 Å². The van der Waals surface area contributed by atoms with Crippen molar-refractivity contribution < 1.29 is 43.9 Å². The molecule has 5 N–H and O–H groups in total. The van der Waals surface area contributed by atoms with E-state index in [9.17, 15) is 24.6 Å². The number of carbonyl (C=O) groups is 3. The summed E-state index contributed by atoms with van der Waals surface area (Å²) in [6.07, 6.45) is -2.30. The Morgan fingerprint density at radius 2 is 1.87 bits per heavy atom. The minimum absolute atomic E-state index is 0.00541. The van der Waals surface area contributed by atoms with E-state index < -0.39 is 47.9 Å². The highest BCUT2D eigenvalue weighted by molar-refractivity contribution is 6.05. The van der Waals surface area contributed by atoms with Gasteiger partial charge >= 0.3 is 11.9 Å². The maximum absolute atomic E-state index is 15.5. The lowest BCUT2D eigenvalue weighted by molar-refractivity contribution is -0.177. The van der Waals surface area contributed by atoms with Gasteiger partial charge in [-0.15, -0.1) is 0 Å². The lowest BCUT2D eigenvalue weighted by Gasteiger charge is -2.39. The molecule has 13 heteroatoms. The number of ether oxygens (including phenoxy) is 1. The van der Waals surface area contributed by atoms with Crippen LogP contribution in [0.25, 0.3) is 10.9 Å². The van der Waals surface area contributed by atoms with E-state index in [1.54, 1.807) is 21.7 Å². The number of β-amino-alcohol motifs (C(OH)–C–C–N with tert-alkyl or cyclic N) is 1. The highest BCUT2D eigenvalue weighted by atomic mass is 19.1. The average Bonchev–Trinajstić information content (AvgIpc) is 3.29. The van der Waals surface area contributed by atoms with Crippen LogP contribution in [0, 0.1) is 0 Å². The number of aliphatic carboxylic acids is 2. The second-order valence-corrected chi connectivity index (χ2v) is 10.4. The van der Waals surface area contributed by atoms with E-state index in [4.69, 9.17) is 14.9 Å². The number of nitrogens with zero attached hydrogens (tertiary/aromatic N) is 3. The Hall–Kier alpha value is -3.13. The summed E-state index contributed by atoms with van der Waals surface area (Å²) in [4.78, 5) is 36.7. The van der Waals surface area contributed by atoms with Gasteiger partial charge in [0.2, 0.25) is 0 Å². The van der Waals surface area contributed by atoms with E-state index in [1.807, 2.05) is 26.1 Å². The number of piperidine rings is 1. The van der Waals surface area contributed by atoms with Gasteiger partial charge in [-0.2, -0.15) is 5.10 Å². The van der Waals surface area contributed by atoms with E-state index in [1.165, 1.54) is 6.92 Å². The molecule has 38 heavy (non-hydrogen) atoms. The molecule has 3 atom stereocenters. The smallest absolute Gasteiger partial charge is 0.336 e. The first-order valence-corrected chi connectivity index (χ1v) is 12.4. The van der Waals surface area contributed by atoms with Crippen molar-refractivity contribution in [2.24, 2.45) is 0 Å². The van der Waals surface area contributed by atoms with Gasteiger partial charge in [0.25, 0.3) is 5.91 Å². The monoisotopic (exact) mass is 538 g/mol. The number of aliphatic hydroxyl groups excluding tert-OH is 1. The fourth-order valence-corrected chi connectivity index (χ4v) is 4.36. The summed E-state index contributed by atoms with van der Waals surface area (Å²) in [5, 5.41) is 46.0. The number of alkyl halides is 1. The third-order valence-corrected chi connectivity index (χ3v) is 6.57. The molecule has 2 heterocycles. The van der Waals surface area contributed by atoms with E-state index in [2.05, 4.69) is 10.4 Å². The number of hydrogen-bond acceptors (Lipinski definition) is 8. The lowest BCUT2D eigenvalue weighted by atomic mass is 9.92. The highest BCUT2D eigenvalue weighted by Gasteiger charge is 2.39. The number of amides is 1. The highest BCUT2D eigenvalue weighted by Crippen LogP contribution is 2.27. The van der Waals surface area contributed by atoms with Crippen LogP contribution in [0.4, 0.5) is 4.39 Å². The number of hydrogen-bond donors (Lipinski definition) is 5. The number of benzene rings is 1. The number of nitrogens with one attached hydrogen (secondary N) is 1. The SMILES string of the molecule is CC(C)n1cc2cccc(C(=O)NCC3(F)CCN(CC(C)(O)COC(C(=O)O)C(O)C(=O)O)CC3)c2n1. The first-order chi connectivity index (χ1) is 17.7. The summed E-state index contributed by atoms with van der Waals surface area (Å²) in [5.74, 6) is -3.86. The standard InChI is InChI=1S/C25H35FN4O8/c1-15(2)30-11-16-5-4-6-17(18(16)28-30)21(32)27-12-25(26)7-9-29(10-8-25)13-24(3,37)14-38-20(23(35)36)19(31)22(33)34/h4-6,11,15,19-20,31,37H,7-10,12-14H2,1-3H3,(H,27,32)(H,33,34)(H,35,36). The zero-order valence-corrected chi connectivity index (χ0v) is 21.6. The van der Waals surface area contributed by atoms with Crippen molar-refractivity contribution in [3.8, 4) is 0 Å². The maximum atomic E-state index is 15.5. The van der Waals surface area contributed by atoms with Crippen molar-refractivity contribution >= 4 is 28.7 Å². The summed E-state index contributed by atoms with van der Waals surface area (Å²) in [6, 6.07) is 5.39.